The van der Waals surface area contributed by atoms with Crippen molar-refractivity contribution in [2.24, 2.45) is 0 Å². The molecule has 0 saturated carbocycles. The molecular weight excluding hydrogens is 492 g/mol. The Morgan fingerprint density at radius 3 is 2.49 bits per heavy atom. The Morgan fingerprint density at radius 2 is 1.74 bits per heavy atom. The first kappa shape index (κ1) is 26.7. The first-order valence-corrected chi connectivity index (χ1v) is 14.5. The molecule has 4 aliphatic heterocycles. The van der Waals surface area contributed by atoms with Crippen LogP contribution in [-0.4, -0.2) is 114 Å². The number of benzene rings is 2. The lowest BCUT2D eigenvalue weighted by molar-refractivity contribution is -0.0774. The van der Waals surface area contributed by atoms with Crippen LogP contribution in [0.4, 0.5) is 0 Å². The number of nitrogens with zero attached hydrogens (tertiary/aromatic N) is 4. The monoisotopic (exact) mass is 534 g/mol. The van der Waals surface area contributed by atoms with Crippen LogP contribution in [0.15, 0.2) is 42.5 Å². The van der Waals surface area contributed by atoms with Gasteiger partial charge in [-0.3, -0.25) is 19.5 Å². The van der Waals surface area contributed by atoms with Gasteiger partial charge in [0.05, 0.1) is 37.5 Å². The molecule has 1 N–H and O–H groups in total. The molecule has 210 valence electrons. The fourth-order valence-corrected chi connectivity index (χ4v) is 6.40. The minimum Gasteiger partial charge on any atom is -0.485 e. The van der Waals surface area contributed by atoms with E-state index in [-0.39, 0.29) is 5.91 Å². The molecule has 1 atom stereocenters. The number of carbonyl (C=O) groups excluding carboxylic acids is 1. The summed E-state index contributed by atoms with van der Waals surface area (Å²) < 4.78 is 11.8. The summed E-state index contributed by atoms with van der Waals surface area (Å²) in [4.78, 5) is 22.7. The van der Waals surface area contributed by atoms with Gasteiger partial charge in [0.25, 0.3) is 5.91 Å². The van der Waals surface area contributed by atoms with Crippen LogP contribution in [-0.2, 0) is 24.2 Å². The summed E-state index contributed by atoms with van der Waals surface area (Å²) in [5, 5.41) is 11.0. The molecule has 0 bridgehead atoms. The van der Waals surface area contributed by atoms with Gasteiger partial charge in [-0.15, -0.1) is 0 Å². The zero-order valence-corrected chi connectivity index (χ0v) is 23.3. The minimum atomic E-state index is -0.624. The Bertz CT molecular complexity index is 1170. The number of β-amino-alcohol motifs (C(OH)–C–C–N with tert-alkyl or cyclic N) is 1. The Balaban J connectivity index is 1.08. The number of amides is 1. The molecule has 4 aliphatic rings. The number of carbonyl (C=O) groups is 1. The van der Waals surface area contributed by atoms with Gasteiger partial charge in [0.1, 0.15) is 11.4 Å². The second kappa shape index (κ2) is 11.2. The van der Waals surface area contributed by atoms with Crippen LogP contribution in [0.1, 0.15) is 40.9 Å². The van der Waals surface area contributed by atoms with Gasteiger partial charge in [0.2, 0.25) is 0 Å². The van der Waals surface area contributed by atoms with Crippen LogP contribution in [0.3, 0.4) is 0 Å². The summed E-state index contributed by atoms with van der Waals surface area (Å²) in [7, 11) is 0. The van der Waals surface area contributed by atoms with E-state index in [1.165, 1.54) is 11.1 Å². The summed E-state index contributed by atoms with van der Waals surface area (Å²) in [6, 6.07) is 15.1. The summed E-state index contributed by atoms with van der Waals surface area (Å²) in [6.45, 7) is 13.9. The molecule has 0 aromatic heterocycles. The van der Waals surface area contributed by atoms with E-state index in [9.17, 15) is 9.90 Å². The van der Waals surface area contributed by atoms with Crippen molar-refractivity contribution in [1.29, 1.82) is 0 Å². The van der Waals surface area contributed by atoms with Crippen molar-refractivity contribution in [3.8, 4) is 5.75 Å². The quantitative estimate of drug-likeness (QED) is 0.584. The third-order valence-corrected chi connectivity index (χ3v) is 8.58. The van der Waals surface area contributed by atoms with Gasteiger partial charge < -0.3 is 19.5 Å². The standard InChI is InChI=1S/C31H42N4O4/c1-31(2)22-35(19-27(36)18-33-10-9-24-5-3-4-6-25(24)17-33)30(37)28-8-7-23(15-29(28)39-31)16-32-11-13-34(14-12-32)26-20-38-21-26/h3-8,15,26-27,36H,9-14,16-22H2,1-2H3. The van der Waals surface area contributed by atoms with Gasteiger partial charge >= 0.3 is 0 Å². The highest BCUT2D eigenvalue weighted by molar-refractivity contribution is 5.97. The van der Waals surface area contributed by atoms with E-state index in [4.69, 9.17) is 9.47 Å². The van der Waals surface area contributed by atoms with Crippen LogP contribution in [0.2, 0.25) is 0 Å². The topological polar surface area (TPSA) is 68.7 Å². The van der Waals surface area contributed by atoms with Crippen molar-refractivity contribution in [1.82, 2.24) is 19.6 Å². The van der Waals surface area contributed by atoms with Crippen molar-refractivity contribution in [2.45, 2.75) is 51.1 Å². The third-order valence-electron chi connectivity index (χ3n) is 8.58. The highest BCUT2D eigenvalue weighted by atomic mass is 16.5. The normalized spacial score (nSPS) is 23.4. The largest absolute Gasteiger partial charge is 0.485 e. The molecule has 0 spiro atoms. The maximum absolute atomic E-state index is 13.6. The lowest BCUT2D eigenvalue weighted by Gasteiger charge is -2.42. The molecule has 1 amide bonds. The maximum atomic E-state index is 13.6. The Labute approximate surface area is 232 Å². The van der Waals surface area contributed by atoms with Gasteiger partial charge in [-0.1, -0.05) is 30.3 Å². The van der Waals surface area contributed by atoms with Crippen LogP contribution in [0, 0.1) is 0 Å². The number of aliphatic hydroxyl groups excluding tert-OH is 1. The fraction of sp³-hybridized carbons (Fsp3) is 0.581. The molecule has 2 saturated heterocycles. The average molecular weight is 535 g/mol. The lowest BCUT2D eigenvalue weighted by Crippen LogP contribution is -2.56. The van der Waals surface area contributed by atoms with Crippen molar-refractivity contribution in [3.63, 3.8) is 0 Å². The number of piperazine rings is 1. The van der Waals surface area contributed by atoms with Crippen LogP contribution >= 0.6 is 0 Å². The zero-order chi connectivity index (χ0) is 27.0. The molecular formula is C31H42N4O4. The SMILES string of the molecule is CC1(C)CN(CC(O)CN2CCc3ccccc3C2)C(=O)c2ccc(CN3CCN(C4COC4)CC3)cc2O1. The fourth-order valence-electron chi connectivity index (χ4n) is 6.40. The first-order chi connectivity index (χ1) is 18.8. The highest BCUT2D eigenvalue weighted by Gasteiger charge is 2.35. The number of aliphatic hydroxyl groups is 1. The van der Waals surface area contributed by atoms with Gasteiger partial charge in [-0.25, -0.2) is 0 Å². The summed E-state index contributed by atoms with van der Waals surface area (Å²) in [5.74, 6) is 0.582. The smallest absolute Gasteiger partial charge is 0.257 e. The van der Waals surface area contributed by atoms with E-state index in [1.807, 2.05) is 26.0 Å². The second-order valence-electron chi connectivity index (χ2n) is 12.3. The molecule has 0 radical (unpaired) electrons. The van der Waals surface area contributed by atoms with E-state index >= 15 is 0 Å². The summed E-state index contributed by atoms with van der Waals surface area (Å²) >= 11 is 0. The maximum Gasteiger partial charge on any atom is 0.257 e. The first-order valence-electron chi connectivity index (χ1n) is 14.5. The highest BCUT2D eigenvalue weighted by Crippen LogP contribution is 2.31. The van der Waals surface area contributed by atoms with E-state index in [2.05, 4.69) is 45.0 Å². The van der Waals surface area contributed by atoms with Gasteiger partial charge in [0.15, 0.2) is 0 Å². The number of hydrogen-bond acceptors (Lipinski definition) is 7. The van der Waals surface area contributed by atoms with Crippen molar-refractivity contribution in [2.75, 3.05) is 65.6 Å². The van der Waals surface area contributed by atoms with Gasteiger partial charge in [0, 0.05) is 58.9 Å². The van der Waals surface area contributed by atoms with Gasteiger partial charge in [-0.05, 0) is 49.1 Å². The van der Waals surface area contributed by atoms with E-state index in [1.54, 1.807) is 4.90 Å². The summed E-state index contributed by atoms with van der Waals surface area (Å²) in [5.41, 5.74) is 3.91. The molecule has 4 heterocycles. The number of fused-ring (bicyclic) bond motifs is 2. The molecule has 8 nitrogen and oxygen atoms in total. The zero-order valence-electron chi connectivity index (χ0n) is 23.3. The van der Waals surface area contributed by atoms with Crippen LogP contribution in [0.5, 0.6) is 5.75 Å². The molecule has 2 aromatic rings. The second-order valence-corrected chi connectivity index (χ2v) is 12.3. The summed E-state index contributed by atoms with van der Waals surface area (Å²) in [6.07, 6.45) is 0.369. The lowest BCUT2D eigenvalue weighted by atomic mass is 9.99. The van der Waals surface area contributed by atoms with Crippen LogP contribution in [0.25, 0.3) is 0 Å². The number of ether oxygens (including phenoxy) is 2. The molecule has 0 aliphatic carbocycles. The Morgan fingerprint density at radius 1 is 0.974 bits per heavy atom. The van der Waals surface area contributed by atoms with E-state index in [0.717, 1.165) is 71.0 Å². The minimum absolute atomic E-state index is 0.0681. The number of hydrogen-bond donors (Lipinski definition) is 1. The number of rotatable bonds is 7. The Kier molecular flexibility index (Phi) is 7.66. The van der Waals surface area contributed by atoms with Crippen molar-refractivity contribution in [3.05, 3.63) is 64.7 Å². The predicted molar refractivity (Wildman–Crippen MR) is 150 cm³/mol. The predicted octanol–water partition coefficient (Wildman–Crippen LogP) is 2.24. The van der Waals surface area contributed by atoms with Crippen LogP contribution < -0.4 is 4.74 Å². The average Bonchev–Trinajstić information content (AvgIpc) is 2.96. The molecule has 39 heavy (non-hydrogen) atoms. The van der Waals surface area contributed by atoms with Gasteiger partial charge in [-0.2, -0.15) is 0 Å². The third kappa shape index (κ3) is 6.15. The molecule has 6 rings (SSSR count). The Hall–Kier alpha value is -2.49. The molecule has 2 fully saturated rings. The van der Waals surface area contributed by atoms with E-state index < -0.39 is 11.7 Å². The molecule has 1 unspecified atom stereocenters. The van der Waals surface area contributed by atoms with E-state index in [0.29, 0.717) is 37.0 Å². The molecule has 8 heteroatoms. The molecule has 2 aromatic carbocycles. The van der Waals surface area contributed by atoms with Crippen molar-refractivity contribution >= 4 is 5.91 Å². The van der Waals surface area contributed by atoms with Crippen molar-refractivity contribution < 1.29 is 19.4 Å².